The van der Waals surface area contributed by atoms with E-state index in [1.807, 2.05) is 0 Å². The molecule has 1 amide bonds. The van der Waals surface area contributed by atoms with Crippen LogP contribution in [-0.4, -0.2) is 17.4 Å². The Morgan fingerprint density at radius 3 is 3.00 bits per heavy atom. The highest BCUT2D eigenvalue weighted by atomic mass is 32.1. The summed E-state index contributed by atoms with van der Waals surface area (Å²) < 4.78 is 0. The van der Waals surface area contributed by atoms with Crippen molar-refractivity contribution in [3.63, 3.8) is 0 Å². The summed E-state index contributed by atoms with van der Waals surface area (Å²) in [4.78, 5) is 19.0. The highest BCUT2D eigenvalue weighted by Crippen LogP contribution is 2.29. The molecule has 3 rings (SSSR count). The minimum Gasteiger partial charge on any atom is -0.396 e. The summed E-state index contributed by atoms with van der Waals surface area (Å²) in [6, 6.07) is 5.37. The molecule has 98 valence electrons. The lowest BCUT2D eigenvalue weighted by Gasteiger charge is -2.29. The van der Waals surface area contributed by atoms with Gasteiger partial charge in [-0.3, -0.25) is 4.79 Å². The molecule has 0 radical (unpaired) electrons. The molecule has 0 atom stereocenters. The van der Waals surface area contributed by atoms with Gasteiger partial charge in [-0.15, -0.1) is 11.3 Å². The average Bonchev–Trinajstić information content (AvgIpc) is 2.86. The standard InChI is InChI=1S/C13H14N4OS/c14-9-1-2-10(12(15)18)16-13(9)17-5-3-11-8(7-17)4-6-19-11/h1-2,4,6H,3,5,7,14H2,(H2,15,18). The number of hydrogen-bond donors (Lipinski definition) is 2. The Labute approximate surface area is 114 Å². The largest absolute Gasteiger partial charge is 0.396 e. The predicted octanol–water partition coefficient (Wildman–Crippen LogP) is 1.39. The van der Waals surface area contributed by atoms with E-state index in [1.54, 1.807) is 23.5 Å². The molecule has 0 aliphatic carbocycles. The number of rotatable bonds is 2. The Morgan fingerprint density at radius 2 is 2.21 bits per heavy atom. The molecule has 0 fully saturated rings. The van der Waals surface area contributed by atoms with E-state index in [1.165, 1.54) is 10.4 Å². The molecule has 1 aliphatic rings. The number of pyridine rings is 1. The van der Waals surface area contributed by atoms with Crippen LogP contribution in [0.25, 0.3) is 0 Å². The van der Waals surface area contributed by atoms with Gasteiger partial charge in [-0.2, -0.15) is 0 Å². The molecule has 2 aromatic heterocycles. The SMILES string of the molecule is NC(=O)c1ccc(N)c(N2CCc3sccc3C2)n1. The first-order valence-corrected chi connectivity index (χ1v) is 6.89. The molecule has 19 heavy (non-hydrogen) atoms. The van der Waals surface area contributed by atoms with Crippen LogP contribution in [0.5, 0.6) is 0 Å². The fraction of sp³-hybridized carbons (Fsp3) is 0.231. The molecule has 0 saturated carbocycles. The van der Waals surface area contributed by atoms with E-state index >= 15 is 0 Å². The average molecular weight is 274 g/mol. The summed E-state index contributed by atoms with van der Waals surface area (Å²) in [5, 5.41) is 2.10. The number of hydrogen-bond acceptors (Lipinski definition) is 5. The van der Waals surface area contributed by atoms with Crippen LogP contribution in [0.2, 0.25) is 0 Å². The Balaban J connectivity index is 1.95. The third-order valence-electron chi connectivity index (χ3n) is 3.26. The quantitative estimate of drug-likeness (QED) is 0.866. The number of fused-ring (bicyclic) bond motifs is 1. The molecule has 2 aromatic rings. The number of primary amides is 1. The smallest absolute Gasteiger partial charge is 0.267 e. The Morgan fingerprint density at radius 1 is 1.37 bits per heavy atom. The zero-order valence-electron chi connectivity index (χ0n) is 10.3. The number of aromatic nitrogens is 1. The van der Waals surface area contributed by atoms with Gasteiger partial charge in [-0.25, -0.2) is 4.98 Å². The summed E-state index contributed by atoms with van der Waals surface area (Å²) in [7, 11) is 0. The van der Waals surface area contributed by atoms with Crippen LogP contribution in [0.15, 0.2) is 23.6 Å². The second-order valence-electron chi connectivity index (χ2n) is 4.51. The first-order chi connectivity index (χ1) is 9.15. The number of carbonyl (C=O) groups excluding carboxylic acids is 1. The first-order valence-electron chi connectivity index (χ1n) is 6.01. The maximum Gasteiger partial charge on any atom is 0.267 e. The van der Waals surface area contributed by atoms with Crippen molar-refractivity contribution in [2.24, 2.45) is 5.73 Å². The summed E-state index contributed by atoms with van der Waals surface area (Å²) in [5.74, 6) is 0.114. The lowest BCUT2D eigenvalue weighted by molar-refractivity contribution is 0.0995. The van der Waals surface area contributed by atoms with E-state index in [9.17, 15) is 4.79 Å². The van der Waals surface area contributed by atoms with Crippen molar-refractivity contribution < 1.29 is 4.79 Å². The van der Waals surface area contributed by atoms with Crippen molar-refractivity contribution in [1.29, 1.82) is 0 Å². The highest BCUT2D eigenvalue weighted by Gasteiger charge is 2.20. The van der Waals surface area contributed by atoms with Gasteiger partial charge in [0.25, 0.3) is 5.91 Å². The van der Waals surface area contributed by atoms with E-state index in [-0.39, 0.29) is 5.69 Å². The molecule has 6 heteroatoms. The second kappa shape index (κ2) is 4.55. The number of carbonyl (C=O) groups is 1. The van der Waals surface area contributed by atoms with Crippen molar-refractivity contribution in [2.75, 3.05) is 17.2 Å². The third-order valence-corrected chi connectivity index (χ3v) is 4.29. The monoisotopic (exact) mass is 274 g/mol. The third kappa shape index (κ3) is 2.15. The molecular formula is C13H14N4OS. The first kappa shape index (κ1) is 12.0. The molecule has 0 saturated heterocycles. The van der Waals surface area contributed by atoms with Crippen molar-refractivity contribution >= 4 is 28.7 Å². The van der Waals surface area contributed by atoms with Gasteiger partial charge in [0, 0.05) is 18.0 Å². The van der Waals surface area contributed by atoms with E-state index in [2.05, 4.69) is 21.3 Å². The van der Waals surface area contributed by atoms with Gasteiger partial charge < -0.3 is 16.4 Å². The van der Waals surface area contributed by atoms with E-state index in [0.29, 0.717) is 11.5 Å². The van der Waals surface area contributed by atoms with Gasteiger partial charge >= 0.3 is 0 Å². The van der Waals surface area contributed by atoms with Crippen LogP contribution in [-0.2, 0) is 13.0 Å². The Bertz CT molecular complexity index is 637. The molecule has 0 aromatic carbocycles. The van der Waals surface area contributed by atoms with Crippen molar-refractivity contribution in [3.05, 3.63) is 39.7 Å². The van der Waals surface area contributed by atoms with Gasteiger partial charge in [0.05, 0.1) is 5.69 Å². The number of thiophene rings is 1. The molecule has 3 heterocycles. The van der Waals surface area contributed by atoms with Crippen LogP contribution in [0.3, 0.4) is 0 Å². The normalized spacial score (nSPS) is 14.2. The van der Waals surface area contributed by atoms with Crippen molar-refractivity contribution in [1.82, 2.24) is 4.98 Å². The molecule has 0 spiro atoms. The van der Waals surface area contributed by atoms with E-state index < -0.39 is 5.91 Å². The van der Waals surface area contributed by atoms with Crippen LogP contribution >= 0.6 is 11.3 Å². The van der Waals surface area contributed by atoms with Crippen LogP contribution in [0.4, 0.5) is 11.5 Å². The lowest BCUT2D eigenvalue weighted by Crippen LogP contribution is -2.31. The van der Waals surface area contributed by atoms with Gasteiger partial charge in [-0.1, -0.05) is 0 Å². The summed E-state index contributed by atoms with van der Waals surface area (Å²) >= 11 is 1.78. The molecule has 5 nitrogen and oxygen atoms in total. The Kier molecular flexibility index (Phi) is 2.87. The molecule has 4 N–H and O–H groups in total. The minimum atomic E-state index is -0.533. The lowest BCUT2D eigenvalue weighted by atomic mass is 10.1. The molecular weight excluding hydrogens is 260 g/mol. The van der Waals surface area contributed by atoms with Gasteiger partial charge in [0.1, 0.15) is 5.69 Å². The fourth-order valence-corrected chi connectivity index (χ4v) is 3.17. The molecule has 0 unspecified atom stereocenters. The topological polar surface area (TPSA) is 85.2 Å². The minimum absolute atomic E-state index is 0.250. The maximum atomic E-state index is 11.2. The summed E-state index contributed by atoms with van der Waals surface area (Å²) in [6.07, 6.45) is 0.981. The number of nitrogens with two attached hydrogens (primary N) is 2. The zero-order chi connectivity index (χ0) is 13.4. The van der Waals surface area contributed by atoms with Gasteiger partial charge in [0.2, 0.25) is 0 Å². The van der Waals surface area contributed by atoms with E-state index in [0.717, 1.165) is 19.5 Å². The second-order valence-corrected chi connectivity index (χ2v) is 5.51. The number of nitrogen functional groups attached to an aromatic ring is 1. The number of nitrogens with zero attached hydrogens (tertiary/aromatic N) is 2. The summed E-state index contributed by atoms with van der Waals surface area (Å²) in [6.45, 7) is 1.63. The van der Waals surface area contributed by atoms with E-state index in [4.69, 9.17) is 11.5 Å². The van der Waals surface area contributed by atoms with Crippen LogP contribution in [0, 0.1) is 0 Å². The van der Waals surface area contributed by atoms with Crippen LogP contribution < -0.4 is 16.4 Å². The van der Waals surface area contributed by atoms with Crippen LogP contribution in [0.1, 0.15) is 20.9 Å². The Hall–Kier alpha value is -2.08. The predicted molar refractivity (Wildman–Crippen MR) is 76.2 cm³/mol. The zero-order valence-corrected chi connectivity index (χ0v) is 11.1. The molecule has 1 aliphatic heterocycles. The number of anilines is 2. The maximum absolute atomic E-state index is 11.2. The van der Waals surface area contributed by atoms with Gasteiger partial charge in [-0.05, 0) is 35.6 Å². The number of amides is 1. The summed E-state index contributed by atoms with van der Waals surface area (Å²) in [5.41, 5.74) is 13.4. The molecule has 0 bridgehead atoms. The van der Waals surface area contributed by atoms with Crippen molar-refractivity contribution in [2.45, 2.75) is 13.0 Å². The highest BCUT2D eigenvalue weighted by molar-refractivity contribution is 7.10. The fourth-order valence-electron chi connectivity index (χ4n) is 2.28. The van der Waals surface area contributed by atoms with Crippen molar-refractivity contribution in [3.8, 4) is 0 Å². The van der Waals surface area contributed by atoms with Gasteiger partial charge in [0.15, 0.2) is 5.82 Å².